The van der Waals surface area contributed by atoms with E-state index in [4.69, 9.17) is 0 Å². The van der Waals surface area contributed by atoms with Gasteiger partial charge in [-0.3, -0.25) is 10.1 Å². The van der Waals surface area contributed by atoms with Gasteiger partial charge in [-0.15, -0.1) is 0 Å². The van der Waals surface area contributed by atoms with Crippen LogP contribution in [0.1, 0.15) is 23.7 Å². The van der Waals surface area contributed by atoms with E-state index in [1.54, 1.807) is 30.3 Å². The van der Waals surface area contributed by atoms with Crippen LogP contribution in [0.25, 0.3) is 0 Å². The molecule has 102 valence electrons. The van der Waals surface area contributed by atoms with Crippen molar-refractivity contribution in [3.8, 4) is 0 Å². The summed E-state index contributed by atoms with van der Waals surface area (Å²) < 4.78 is 0. The topological polar surface area (TPSA) is 84.0 Å². The van der Waals surface area contributed by atoms with Crippen LogP contribution in [0.4, 0.5) is 16.4 Å². The van der Waals surface area contributed by atoms with Gasteiger partial charge in [-0.2, -0.15) is 0 Å². The number of carbonyl (C=O) groups excluding carboxylic acids is 2. The molecule has 0 bridgehead atoms. The Labute approximate surface area is 116 Å². The Morgan fingerprint density at radius 3 is 2.30 bits per heavy atom. The minimum absolute atomic E-state index is 0.0682. The van der Waals surface area contributed by atoms with E-state index in [1.807, 2.05) is 6.92 Å². The summed E-state index contributed by atoms with van der Waals surface area (Å²) in [6, 6.07) is 7.93. The van der Waals surface area contributed by atoms with Gasteiger partial charge in [0.05, 0.1) is 0 Å². The van der Waals surface area contributed by atoms with Crippen molar-refractivity contribution in [2.75, 3.05) is 10.6 Å². The summed E-state index contributed by atoms with van der Waals surface area (Å²) in [5.41, 5.74) is 1.22. The van der Waals surface area contributed by atoms with Crippen molar-refractivity contribution >= 4 is 23.5 Å². The number of urea groups is 1. The van der Waals surface area contributed by atoms with Crippen molar-refractivity contribution in [2.24, 2.45) is 0 Å². The molecule has 0 saturated carbocycles. The normalized spacial score (nSPS) is 9.85. The van der Waals surface area contributed by atoms with E-state index in [0.29, 0.717) is 17.7 Å². The zero-order chi connectivity index (χ0) is 14.4. The molecule has 0 unspecified atom stereocenters. The Balaban J connectivity index is 1.96. The first-order chi connectivity index (χ1) is 9.69. The fourth-order valence-corrected chi connectivity index (χ4v) is 1.57. The molecule has 0 spiro atoms. The molecule has 0 aliphatic rings. The smallest absolute Gasteiger partial charge is 0.308 e. The minimum Gasteiger partial charge on any atom is -0.308 e. The summed E-state index contributed by atoms with van der Waals surface area (Å²) in [6.07, 6.45) is 3.53. The molecule has 2 amide bonds. The summed E-state index contributed by atoms with van der Waals surface area (Å²) in [7, 11) is 0. The number of benzene rings is 1. The molecule has 20 heavy (non-hydrogen) atoms. The highest BCUT2D eigenvalue weighted by Crippen LogP contribution is 2.11. The molecule has 1 aromatic carbocycles. The van der Waals surface area contributed by atoms with E-state index in [9.17, 15) is 9.59 Å². The van der Waals surface area contributed by atoms with Crippen LogP contribution < -0.4 is 10.6 Å². The highest BCUT2D eigenvalue weighted by Gasteiger charge is 2.06. The second-order valence-corrected chi connectivity index (χ2v) is 4.01. The van der Waals surface area contributed by atoms with Crippen LogP contribution in [0.15, 0.2) is 42.7 Å². The molecule has 1 aromatic heterocycles. The van der Waals surface area contributed by atoms with Crippen molar-refractivity contribution in [3.63, 3.8) is 0 Å². The number of hydrogen-bond acceptors (Lipinski definition) is 4. The van der Waals surface area contributed by atoms with E-state index in [1.165, 1.54) is 12.4 Å². The van der Waals surface area contributed by atoms with Crippen LogP contribution >= 0.6 is 0 Å². The summed E-state index contributed by atoms with van der Waals surface area (Å²) in [5, 5.41) is 5.13. The van der Waals surface area contributed by atoms with Crippen LogP contribution in [0.3, 0.4) is 0 Å². The van der Waals surface area contributed by atoms with Gasteiger partial charge in [-0.05, 0) is 30.3 Å². The maximum Gasteiger partial charge on any atom is 0.326 e. The zero-order valence-corrected chi connectivity index (χ0v) is 11.0. The Bertz CT molecular complexity index is 596. The molecule has 2 aromatic rings. The molecule has 1 heterocycles. The van der Waals surface area contributed by atoms with Gasteiger partial charge in [0.1, 0.15) is 0 Å². The quantitative estimate of drug-likeness (QED) is 0.836. The lowest BCUT2D eigenvalue weighted by Crippen LogP contribution is -2.20. The second-order valence-electron chi connectivity index (χ2n) is 4.01. The Morgan fingerprint density at radius 1 is 1.05 bits per heavy atom. The Kier molecular flexibility index (Phi) is 4.39. The number of aromatic nitrogens is 2. The maximum atomic E-state index is 11.7. The van der Waals surface area contributed by atoms with E-state index in [-0.39, 0.29) is 11.7 Å². The SMILES string of the molecule is CCC(=O)c1ccc(NC(=O)Nc2ncccn2)cc1. The van der Waals surface area contributed by atoms with Crippen LogP contribution in [0, 0.1) is 0 Å². The van der Waals surface area contributed by atoms with E-state index in [2.05, 4.69) is 20.6 Å². The monoisotopic (exact) mass is 270 g/mol. The number of Topliss-reactive ketones (excluding diaryl/α,β-unsaturated/α-hetero) is 1. The average Bonchev–Trinajstić information content (AvgIpc) is 2.48. The number of rotatable bonds is 4. The minimum atomic E-state index is -0.439. The summed E-state index contributed by atoms with van der Waals surface area (Å²) in [5.74, 6) is 0.293. The van der Waals surface area contributed by atoms with Gasteiger partial charge in [0, 0.05) is 30.1 Å². The van der Waals surface area contributed by atoms with Crippen LogP contribution in [0.5, 0.6) is 0 Å². The number of nitrogens with zero attached hydrogens (tertiary/aromatic N) is 2. The van der Waals surface area contributed by atoms with Crippen LogP contribution in [-0.4, -0.2) is 21.8 Å². The van der Waals surface area contributed by atoms with E-state index < -0.39 is 6.03 Å². The van der Waals surface area contributed by atoms with Gasteiger partial charge in [-0.25, -0.2) is 14.8 Å². The molecule has 0 aliphatic carbocycles. The predicted octanol–water partition coefficient (Wildman–Crippen LogP) is 2.71. The van der Waals surface area contributed by atoms with Crippen molar-refractivity contribution in [3.05, 3.63) is 48.3 Å². The first-order valence-corrected chi connectivity index (χ1v) is 6.17. The van der Waals surface area contributed by atoms with Crippen molar-refractivity contribution in [1.29, 1.82) is 0 Å². The molecule has 6 nitrogen and oxygen atoms in total. The standard InChI is InChI=1S/C14H14N4O2/c1-2-12(19)10-4-6-11(7-5-10)17-14(20)18-13-15-8-3-9-16-13/h3-9H,2H2,1H3,(H2,15,16,17,18,20). The lowest BCUT2D eigenvalue weighted by Gasteiger charge is -2.06. The van der Waals surface area contributed by atoms with Gasteiger partial charge in [0.2, 0.25) is 5.95 Å². The molecular weight excluding hydrogens is 256 g/mol. The third-order valence-electron chi connectivity index (χ3n) is 2.58. The van der Waals surface area contributed by atoms with Gasteiger partial charge in [0.25, 0.3) is 0 Å². The number of anilines is 2. The average molecular weight is 270 g/mol. The maximum absolute atomic E-state index is 11.7. The molecule has 2 rings (SSSR count). The first kappa shape index (κ1) is 13.7. The molecule has 0 atom stereocenters. The third-order valence-corrected chi connectivity index (χ3v) is 2.58. The highest BCUT2D eigenvalue weighted by atomic mass is 16.2. The first-order valence-electron chi connectivity index (χ1n) is 6.17. The van der Waals surface area contributed by atoms with Gasteiger partial charge < -0.3 is 5.32 Å². The van der Waals surface area contributed by atoms with Gasteiger partial charge >= 0.3 is 6.03 Å². The molecule has 0 fully saturated rings. The second kappa shape index (κ2) is 6.42. The van der Waals surface area contributed by atoms with Crippen molar-refractivity contribution in [2.45, 2.75) is 13.3 Å². The number of carbonyl (C=O) groups is 2. The predicted molar refractivity (Wildman–Crippen MR) is 75.7 cm³/mol. The fraction of sp³-hybridized carbons (Fsp3) is 0.143. The van der Waals surface area contributed by atoms with E-state index in [0.717, 1.165) is 0 Å². The number of hydrogen-bond donors (Lipinski definition) is 2. The summed E-state index contributed by atoms with van der Waals surface area (Å²) in [6.45, 7) is 1.81. The molecule has 0 radical (unpaired) electrons. The molecular formula is C14H14N4O2. The Morgan fingerprint density at radius 2 is 1.70 bits per heavy atom. The largest absolute Gasteiger partial charge is 0.326 e. The zero-order valence-electron chi connectivity index (χ0n) is 11.0. The molecule has 6 heteroatoms. The number of amides is 2. The number of nitrogens with one attached hydrogen (secondary N) is 2. The van der Waals surface area contributed by atoms with E-state index >= 15 is 0 Å². The Hall–Kier alpha value is -2.76. The number of ketones is 1. The lowest BCUT2D eigenvalue weighted by atomic mass is 10.1. The fourth-order valence-electron chi connectivity index (χ4n) is 1.57. The molecule has 2 N–H and O–H groups in total. The summed E-state index contributed by atoms with van der Waals surface area (Å²) >= 11 is 0. The molecule has 0 saturated heterocycles. The van der Waals surface area contributed by atoms with Gasteiger partial charge in [-0.1, -0.05) is 6.92 Å². The third kappa shape index (κ3) is 3.61. The molecule has 0 aliphatic heterocycles. The van der Waals surface area contributed by atoms with Gasteiger partial charge in [0.15, 0.2) is 5.78 Å². The lowest BCUT2D eigenvalue weighted by molar-refractivity contribution is 0.0988. The summed E-state index contributed by atoms with van der Waals surface area (Å²) in [4.78, 5) is 30.9. The highest BCUT2D eigenvalue weighted by molar-refractivity contribution is 5.99. The van der Waals surface area contributed by atoms with Crippen LogP contribution in [-0.2, 0) is 0 Å². The van der Waals surface area contributed by atoms with Crippen LogP contribution in [0.2, 0.25) is 0 Å². The van der Waals surface area contributed by atoms with Crippen molar-refractivity contribution < 1.29 is 9.59 Å². The van der Waals surface area contributed by atoms with Crippen molar-refractivity contribution in [1.82, 2.24) is 9.97 Å².